The Kier molecular flexibility index (Phi) is 5.29. The maximum absolute atomic E-state index is 10.2. The fraction of sp³-hybridized carbons (Fsp3) is 0.364. The summed E-state index contributed by atoms with van der Waals surface area (Å²) in [6.07, 6.45) is 6.33. The average molecular weight is 436 g/mol. The molecule has 8 nitrogen and oxygen atoms in total. The van der Waals surface area contributed by atoms with Gasteiger partial charge in [-0.25, -0.2) is 14.5 Å². The standard InChI is InChI=1S/C22H25N7OS/c1-24-21(23)17-8-9-20-25-12-14(29(20)28-17)10-13-6-7-16-19(11-13)31-22(27-16)26-15-4-2-3-5-18(15)30/h6-9,11-12,15,18,30H,2-5,10H2,1H3,(H2,23,24)(H,26,27). The van der Waals surface area contributed by atoms with E-state index in [1.165, 1.54) is 0 Å². The van der Waals surface area contributed by atoms with Crippen LogP contribution in [0, 0.1) is 0 Å². The highest BCUT2D eigenvalue weighted by Gasteiger charge is 2.23. The van der Waals surface area contributed by atoms with Gasteiger partial charge in [0.15, 0.2) is 10.8 Å². The van der Waals surface area contributed by atoms with Crippen molar-refractivity contribution in [1.82, 2.24) is 19.6 Å². The molecule has 0 saturated heterocycles. The number of aliphatic imine (C=N–C) groups is 1. The number of anilines is 1. The summed E-state index contributed by atoms with van der Waals surface area (Å²) in [5.41, 5.74) is 10.4. The highest BCUT2D eigenvalue weighted by atomic mass is 32.1. The lowest BCUT2D eigenvalue weighted by Crippen LogP contribution is -2.36. The molecule has 5 rings (SSSR count). The molecule has 2 atom stereocenters. The molecule has 3 aromatic heterocycles. The van der Waals surface area contributed by atoms with Gasteiger partial charge in [-0.2, -0.15) is 5.10 Å². The number of imidazole rings is 1. The number of fused-ring (bicyclic) bond motifs is 2. The summed E-state index contributed by atoms with van der Waals surface area (Å²) >= 11 is 1.63. The lowest BCUT2D eigenvalue weighted by molar-refractivity contribution is 0.116. The molecule has 1 fully saturated rings. The van der Waals surface area contributed by atoms with Gasteiger partial charge in [0, 0.05) is 13.5 Å². The second-order valence-corrected chi connectivity index (χ2v) is 8.98. The lowest BCUT2D eigenvalue weighted by Gasteiger charge is -2.27. The summed E-state index contributed by atoms with van der Waals surface area (Å²) in [4.78, 5) is 13.2. The Labute approximate surface area is 183 Å². The molecular formula is C22H25N7OS. The number of amidine groups is 1. The van der Waals surface area contributed by atoms with Crippen LogP contribution >= 0.6 is 11.3 Å². The van der Waals surface area contributed by atoms with Gasteiger partial charge in [-0.15, -0.1) is 0 Å². The van der Waals surface area contributed by atoms with Gasteiger partial charge in [-0.1, -0.05) is 30.2 Å². The third-order valence-corrected chi connectivity index (χ3v) is 6.76. The number of nitrogens with one attached hydrogen (secondary N) is 1. The quantitative estimate of drug-likeness (QED) is 0.328. The Hall–Kier alpha value is -3.04. The number of aliphatic hydroxyl groups is 1. The number of rotatable bonds is 5. The second kappa shape index (κ2) is 8.24. The van der Waals surface area contributed by atoms with E-state index in [0.29, 0.717) is 18.0 Å². The Morgan fingerprint density at radius 3 is 3.00 bits per heavy atom. The van der Waals surface area contributed by atoms with E-state index in [4.69, 9.17) is 10.7 Å². The lowest BCUT2D eigenvalue weighted by atomic mass is 9.93. The summed E-state index contributed by atoms with van der Waals surface area (Å²) in [7, 11) is 1.65. The molecule has 4 N–H and O–H groups in total. The monoisotopic (exact) mass is 435 g/mol. The van der Waals surface area contributed by atoms with Gasteiger partial charge in [0.05, 0.1) is 34.3 Å². The molecular weight excluding hydrogens is 410 g/mol. The molecule has 31 heavy (non-hydrogen) atoms. The minimum absolute atomic E-state index is 0.0892. The summed E-state index contributed by atoms with van der Waals surface area (Å²) in [6, 6.07) is 10.1. The molecule has 2 unspecified atom stereocenters. The zero-order valence-electron chi connectivity index (χ0n) is 17.3. The zero-order valence-corrected chi connectivity index (χ0v) is 18.1. The van der Waals surface area contributed by atoms with Crippen molar-refractivity contribution in [3.05, 3.63) is 53.5 Å². The number of hydrogen-bond acceptors (Lipinski definition) is 7. The first-order valence-corrected chi connectivity index (χ1v) is 11.3. The van der Waals surface area contributed by atoms with E-state index >= 15 is 0 Å². The van der Waals surface area contributed by atoms with Crippen LogP contribution < -0.4 is 11.1 Å². The molecule has 0 radical (unpaired) electrons. The molecule has 1 aliphatic rings. The molecule has 1 aromatic carbocycles. The van der Waals surface area contributed by atoms with Gasteiger partial charge in [-0.3, -0.25) is 4.99 Å². The minimum atomic E-state index is -0.296. The third kappa shape index (κ3) is 3.98. The van der Waals surface area contributed by atoms with Crippen LogP contribution in [0.5, 0.6) is 0 Å². The summed E-state index contributed by atoms with van der Waals surface area (Å²) < 4.78 is 2.94. The van der Waals surface area contributed by atoms with Crippen LogP contribution in [0.15, 0.2) is 41.5 Å². The Morgan fingerprint density at radius 2 is 2.16 bits per heavy atom. The fourth-order valence-electron chi connectivity index (χ4n) is 4.08. The number of nitrogens with two attached hydrogens (primary N) is 1. The maximum Gasteiger partial charge on any atom is 0.184 e. The van der Waals surface area contributed by atoms with Crippen LogP contribution in [0.2, 0.25) is 0 Å². The van der Waals surface area contributed by atoms with Crippen molar-refractivity contribution < 1.29 is 5.11 Å². The topological polar surface area (TPSA) is 114 Å². The van der Waals surface area contributed by atoms with Gasteiger partial charge in [-0.05, 0) is 42.7 Å². The van der Waals surface area contributed by atoms with Crippen molar-refractivity contribution in [2.24, 2.45) is 10.7 Å². The van der Waals surface area contributed by atoms with E-state index in [2.05, 4.69) is 32.5 Å². The van der Waals surface area contributed by atoms with Gasteiger partial charge in [0.2, 0.25) is 0 Å². The number of aliphatic hydroxyl groups excluding tert-OH is 1. The molecule has 1 saturated carbocycles. The second-order valence-electron chi connectivity index (χ2n) is 7.95. The first-order chi connectivity index (χ1) is 15.1. The van der Waals surface area contributed by atoms with E-state index in [9.17, 15) is 5.11 Å². The van der Waals surface area contributed by atoms with E-state index < -0.39 is 0 Å². The van der Waals surface area contributed by atoms with Crippen molar-refractivity contribution in [2.45, 2.75) is 44.2 Å². The predicted octanol–water partition coefficient (Wildman–Crippen LogP) is 2.98. The zero-order chi connectivity index (χ0) is 21.4. The fourth-order valence-corrected chi connectivity index (χ4v) is 5.07. The van der Waals surface area contributed by atoms with E-state index in [1.807, 2.05) is 28.9 Å². The van der Waals surface area contributed by atoms with Crippen LogP contribution in [0.4, 0.5) is 5.13 Å². The third-order valence-electron chi connectivity index (χ3n) is 5.81. The smallest absolute Gasteiger partial charge is 0.184 e. The van der Waals surface area contributed by atoms with Gasteiger partial charge in [0.25, 0.3) is 0 Å². The molecule has 0 amide bonds. The summed E-state index contributed by atoms with van der Waals surface area (Å²) in [6.45, 7) is 0. The van der Waals surface area contributed by atoms with Gasteiger partial charge in [0.1, 0.15) is 11.5 Å². The molecule has 3 heterocycles. The first kappa shape index (κ1) is 19.9. The molecule has 0 spiro atoms. The number of nitrogens with zero attached hydrogens (tertiary/aromatic N) is 5. The Balaban J connectivity index is 1.39. The van der Waals surface area contributed by atoms with Crippen molar-refractivity contribution in [3.8, 4) is 0 Å². The predicted molar refractivity (Wildman–Crippen MR) is 124 cm³/mol. The van der Waals surface area contributed by atoms with Crippen LogP contribution in [-0.2, 0) is 6.42 Å². The normalized spacial score (nSPS) is 19.9. The average Bonchev–Trinajstić information content (AvgIpc) is 3.37. The van der Waals surface area contributed by atoms with Gasteiger partial charge < -0.3 is 16.2 Å². The number of benzene rings is 1. The molecule has 0 bridgehead atoms. The highest BCUT2D eigenvalue weighted by Crippen LogP contribution is 2.30. The number of thiazole rings is 1. The van der Waals surface area contributed by atoms with Crippen molar-refractivity contribution in [1.29, 1.82) is 0 Å². The van der Waals surface area contributed by atoms with E-state index in [0.717, 1.165) is 57.9 Å². The van der Waals surface area contributed by atoms with Gasteiger partial charge >= 0.3 is 0 Å². The number of hydrogen-bond donors (Lipinski definition) is 3. The van der Waals surface area contributed by atoms with Crippen molar-refractivity contribution >= 4 is 38.2 Å². The Morgan fingerprint density at radius 1 is 1.29 bits per heavy atom. The molecule has 1 aliphatic carbocycles. The summed E-state index contributed by atoms with van der Waals surface area (Å²) in [5.74, 6) is 0.399. The van der Waals surface area contributed by atoms with Crippen LogP contribution in [0.1, 0.15) is 42.6 Å². The Bertz CT molecular complexity index is 1260. The van der Waals surface area contributed by atoms with Crippen LogP contribution in [0.25, 0.3) is 15.9 Å². The van der Waals surface area contributed by atoms with Crippen molar-refractivity contribution in [3.63, 3.8) is 0 Å². The number of aromatic nitrogens is 4. The minimum Gasteiger partial charge on any atom is -0.391 e. The van der Waals surface area contributed by atoms with Crippen LogP contribution in [0.3, 0.4) is 0 Å². The first-order valence-electron chi connectivity index (χ1n) is 10.5. The molecule has 160 valence electrons. The molecule has 9 heteroatoms. The highest BCUT2D eigenvalue weighted by molar-refractivity contribution is 7.22. The van der Waals surface area contributed by atoms with Crippen molar-refractivity contribution in [2.75, 3.05) is 12.4 Å². The molecule has 4 aromatic rings. The summed E-state index contributed by atoms with van der Waals surface area (Å²) in [5, 5.41) is 19.1. The SMILES string of the molecule is CN=C(N)c1ccc2ncc(Cc3ccc4nc(NC5CCCCC5O)sc4c3)n2n1. The molecule has 0 aliphatic heterocycles. The van der Waals surface area contributed by atoms with Crippen LogP contribution in [-0.4, -0.2) is 49.7 Å². The maximum atomic E-state index is 10.2. The van der Waals surface area contributed by atoms with E-state index in [-0.39, 0.29) is 12.1 Å². The van der Waals surface area contributed by atoms with E-state index in [1.54, 1.807) is 18.4 Å². The largest absolute Gasteiger partial charge is 0.391 e.